The van der Waals surface area contributed by atoms with Gasteiger partial charge in [0.1, 0.15) is 29.5 Å². The normalized spacial score (nSPS) is 14.9. The number of halogens is 2. The number of rotatable bonds is 12. The first-order chi connectivity index (χ1) is 18.3. The molecule has 0 saturated carbocycles. The molecular formula is C27H31ClFN3O6. The quantitative estimate of drug-likeness (QED) is 0.320. The molecule has 2 aromatic rings. The Hall–Kier alpha value is -3.44. The average molecular weight is 548 g/mol. The number of hydrogen-bond donors (Lipinski definition) is 4. The molecule has 0 spiro atoms. The Balaban J connectivity index is 1.89. The van der Waals surface area contributed by atoms with Crippen molar-refractivity contribution in [2.24, 2.45) is 0 Å². The summed E-state index contributed by atoms with van der Waals surface area (Å²) in [5.41, 5.74) is -0.205. The summed E-state index contributed by atoms with van der Waals surface area (Å²) in [6.07, 6.45) is 4.81. The van der Waals surface area contributed by atoms with Crippen molar-refractivity contribution in [3.63, 3.8) is 0 Å². The summed E-state index contributed by atoms with van der Waals surface area (Å²) in [5, 5.41) is 26.2. The van der Waals surface area contributed by atoms with Crippen molar-refractivity contribution in [2.45, 2.75) is 12.0 Å². The highest BCUT2D eigenvalue weighted by molar-refractivity contribution is 6.32. The minimum Gasteiger partial charge on any atom is -0.494 e. The van der Waals surface area contributed by atoms with Gasteiger partial charge in [-0.1, -0.05) is 23.8 Å². The Kier molecular flexibility index (Phi) is 10.3. The van der Waals surface area contributed by atoms with Crippen LogP contribution in [0.5, 0.6) is 17.2 Å². The molecular weight excluding hydrogens is 517 g/mol. The number of ether oxygens (including phenoxy) is 3. The first-order valence-corrected chi connectivity index (χ1v) is 12.2. The van der Waals surface area contributed by atoms with E-state index in [1.165, 1.54) is 26.4 Å². The minimum atomic E-state index is -1.61. The highest BCUT2D eigenvalue weighted by Crippen LogP contribution is 2.33. The second kappa shape index (κ2) is 13.4. The second-order valence-electron chi connectivity index (χ2n) is 8.39. The number of carbonyl (C=O) groups excluding carboxylic acids is 1. The third-order valence-corrected chi connectivity index (χ3v) is 6.06. The maximum Gasteiger partial charge on any atom is 0.251 e. The number of likely N-dealkylation sites (N-methyl/N-ethyl adjacent to an activating group) is 1. The summed E-state index contributed by atoms with van der Waals surface area (Å²) in [7, 11) is 4.59. The standard InChI is InChI=1S/C27H31ClFN3O6/c1-30-15-27(35,16-31-26(34)18-7-8-21(38-12-11-33)23(14-18)37-3)24-10-9-22(36-2)25(32-24)17-5-4-6-20(29)19(28)13-17/h4-5,7-10,13-14,30,33,35H,6,11-12,15-16H2,1-3H3,(H,31,34). The summed E-state index contributed by atoms with van der Waals surface area (Å²) in [6, 6.07) is 7.86. The van der Waals surface area contributed by atoms with E-state index in [-0.39, 0.29) is 49.0 Å². The third-order valence-electron chi connectivity index (χ3n) is 5.75. The minimum absolute atomic E-state index is 0.0415. The summed E-state index contributed by atoms with van der Waals surface area (Å²) < 4.78 is 30.1. The Morgan fingerprint density at radius 2 is 1.89 bits per heavy atom. The fourth-order valence-electron chi connectivity index (χ4n) is 3.82. The third kappa shape index (κ3) is 6.90. The van der Waals surface area contributed by atoms with E-state index in [1.54, 1.807) is 43.5 Å². The second-order valence-corrected chi connectivity index (χ2v) is 8.80. The summed E-state index contributed by atoms with van der Waals surface area (Å²) in [6.45, 7) is -0.196. The monoisotopic (exact) mass is 547 g/mol. The van der Waals surface area contributed by atoms with E-state index < -0.39 is 17.3 Å². The van der Waals surface area contributed by atoms with Crippen LogP contribution in [-0.4, -0.2) is 68.7 Å². The number of nitrogens with zero attached hydrogens (tertiary/aromatic N) is 1. The van der Waals surface area contributed by atoms with Crippen LogP contribution >= 0.6 is 11.6 Å². The highest BCUT2D eigenvalue weighted by atomic mass is 35.5. The topological polar surface area (TPSA) is 122 Å². The molecule has 1 unspecified atom stereocenters. The van der Waals surface area contributed by atoms with Gasteiger partial charge in [0.25, 0.3) is 5.91 Å². The molecule has 0 bridgehead atoms. The van der Waals surface area contributed by atoms with E-state index >= 15 is 0 Å². The number of aromatic nitrogens is 1. The van der Waals surface area contributed by atoms with Gasteiger partial charge >= 0.3 is 0 Å². The highest BCUT2D eigenvalue weighted by Gasteiger charge is 2.32. The molecule has 9 nitrogen and oxygen atoms in total. The van der Waals surface area contributed by atoms with Crippen LogP contribution < -0.4 is 24.8 Å². The van der Waals surface area contributed by atoms with Gasteiger partial charge in [0.05, 0.1) is 38.1 Å². The van der Waals surface area contributed by atoms with Gasteiger partial charge in [0.2, 0.25) is 0 Å². The molecule has 3 rings (SSSR count). The van der Waals surface area contributed by atoms with Crippen molar-refractivity contribution in [1.29, 1.82) is 0 Å². The number of nitrogens with one attached hydrogen (secondary N) is 2. The van der Waals surface area contributed by atoms with Crippen LogP contribution in [0.15, 0.2) is 59.4 Å². The van der Waals surface area contributed by atoms with Gasteiger partial charge in [-0.25, -0.2) is 9.37 Å². The zero-order valence-electron chi connectivity index (χ0n) is 21.4. The Morgan fingerprint density at radius 1 is 1.16 bits per heavy atom. The first kappa shape index (κ1) is 29.1. The first-order valence-electron chi connectivity index (χ1n) is 11.8. The van der Waals surface area contributed by atoms with Gasteiger partial charge in [-0.3, -0.25) is 4.79 Å². The molecule has 0 aliphatic heterocycles. The lowest BCUT2D eigenvalue weighted by Gasteiger charge is -2.28. The Labute approximate surface area is 225 Å². The molecule has 204 valence electrons. The lowest BCUT2D eigenvalue weighted by atomic mass is 9.97. The van der Waals surface area contributed by atoms with E-state index in [0.717, 1.165) is 0 Å². The molecule has 1 aliphatic rings. The van der Waals surface area contributed by atoms with Crippen LogP contribution in [-0.2, 0) is 5.60 Å². The molecule has 1 aromatic heterocycles. The number of hydrogen-bond acceptors (Lipinski definition) is 8. The lowest BCUT2D eigenvalue weighted by Crippen LogP contribution is -2.47. The maximum absolute atomic E-state index is 14.0. The Morgan fingerprint density at radius 3 is 2.58 bits per heavy atom. The maximum atomic E-state index is 14.0. The number of carbonyl (C=O) groups is 1. The van der Waals surface area contributed by atoms with Gasteiger partial charge in [-0.2, -0.15) is 0 Å². The van der Waals surface area contributed by atoms with E-state index in [4.69, 9.17) is 30.9 Å². The molecule has 0 saturated heterocycles. The molecule has 1 aliphatic carbocycles. The fraction of sp³-hybridized carbons (Fsp3) is 0.333. The van der Waals surface area contributed by atoms with E-state index in [1.807, 2.05) is 0 Å². The number of pyridine rings is 1. The van der Waals surface area contributed by atoms with Gasteiger partial charge in [-0.15, -0.1) is 0 Å². The SMILES string of the molecule is CNCC(O)(CNC(=O)c1ccc(OCCO)c(OC)c1)c1ccc(OC)c(C2=CC(Cl)=C(F)CC=C2)n1. The molecule has 4 N–H and O–H groups in total. The van der Waals surface area contributed by atoms with Crippen molar-refractivity contribution in [1.82, 2.24) is 15.6 Å². The zero-order chi connectivity index (χ0) is 27.7. The van der Waals surface area contributed by atoms with Gasteiger partial charge in [0, 0.05) is 24.1 Å². The van der Waals surface area contributed by atoms with Crippen molar-refractivity contribution < 1.29 is 33.6 Å². The molecule has 0 radical (unpaired) electrons. The van der Waals surface area contributed by atoms with Crippen molar-refractivity contribution in [3.8, 4) is 17.2 Å². The van der Waals surface area contributed by atoms with Crippen LogP contribution in [0.25, 0.3) is 5.57 Å². The largest absolute Gasteiger partial charge is 0.494 e. The number of benzene rings is 1. The molecule has 38 heavy (non-hydrogen) atoms. The van der Waals surface area contributed by atoms with Crippen LogP contribution in [0.3, 0.4) is 0 Å². The van der Waals surface area contributed by atoms with E-state index in [2.05, 4.69) is 15.6 Å². The summed E-state index contributed by atoms with van der Waals surface area (Å²) in [5.74, 6) is 0.195. The number of aliphatic hydroxyl groups is 2. The predicted octanol–water partition coefficient (Wildman–Crippen LogP) is 3.07. The molecule has 1 heterocycles. The number of amides is 1. The Bertz CT molecular complexity index is 1250. The zero-order valence-corrected chi connectivity index (χ0v) is 22.1. The van der Waals surface area contributed by atoms with E-state index in [9.17, 15) is 14.3 Å². The summed E-state index contributed by atoms with van der Waals surface area (Å²) in [4.78, 5) is 17.6. The lowest BCUT2D eigenvalue weighted by molar-refractivity contribution is 0.0330. The molecule has 0 fully saturated rings. The fourth-order valence-corrected chi connectivity index (χ4v) is 4.02. The van der Waals surface area contributed by atoms with Gasteiger partial charge in [0.15, 0.2) is 11.5 Å². The van der Waals surface area contributed by atoms with Crippen LogP contribution in [0.2, 0.25) is 0 Å². The van der Waals surface area contributed by atoms with Crippen molar-refractivity contribution >= 4 is 23.1 Å². The van der Waals surface area contributed by atoms with Crippen molar-refractivity contribution in [3.05, 3.63) is 76.4 Å². The predicted molar refractivity (Wildman–Crippen MR) is 142 cm³/mol. The molecule has 1 atom stereocenters. The van der Waals surface area contributed by atoms with Crippen LogP contribution in [0.4, 0.5) is 4.39 Å². The van der Waals surface area contributed by atoms with Gasteiger partial charge in [-0.05, 0) is 43.5 Å². The average Bonchev–Trinajstić information content (AvgIpc) is 3.10. The number of allylic oxidation sites excluding steroid dienone is 6. The van der Waals surface area contributed by atoms with Crippen LogP contribution in [0, 0.1) is 0 Å². The summed E-state index contributed by atoms with van der Waals surface area (Å²) >= 11 is 6.08. The molecule has 1 amide bonds. The molecule has 1 aromatic carbocycles. The molecule has 11 heteroatoms. The van der Waals surface area contributed by atoms with E-state index in [0.29, 0.717) is 28.5 Å². The number of methoxy groups -OCH3 is 2. The van der Waals surface area contributed by atoms with Gasteiger partial charge < -0.3 is 35.1 Å². The number of aliphatic hydroxyl groups excluding tert-OH is 1. The van der Waals surface area contributed by atoms with Crippen LogP contribution in [0.1, 0.15) is 28.2 Å². The smallest absolute Gasteiger partial charge is 0.251 e. The van der Waals surface area contributed by atoms with Crippen molar-refractivity contribution in [2.75, 3.05) is 47.6 Å².